The molecule has 16 heavy (non-hydrogen) atoms. The van der Waals surface area contributed by atoms with E-state index in [1.807, 2.05) is 0 Å². The molecule has 0 aliphatic heterocycles. The molecule has 0 N–H and O–H groups in total. The van der Waals surface area contributed by atoms with Crippen molar-refractivity contribution in [2.75, 3.05) is 0 Å². The maximum Gasteiger partial charge on any atom is 0.00758 e. The largest absolute Gasteiger partial charge is 0.173 e. The summed E-state index contributed by atoms with van der Waals surface area (Å²) in [6, 6.07) is 0. The van der Waals surface area contributed by atoms with Crippen molar-refractivity contribution >= 4 is 12.6 Å². The minimum absolute atomic E-state index is 0.206. The highest BCUT2D eigenvalue weighted by molar-refractivity contribution is 7.81. The summed E-state index contributed by atoms with van der Waals surface area (Å²) in [7, 11) is 0. The van der Waals surface area contributed by atoms with E-state index in [-0.39, 0.29) is 4.75 Å². The fourth-order valence-electron chi connectivity index (χ4n) is 3.19. The summed E-state index contributed by atoms with van der Waals surface area (Å²) in [5.74, 6) is 1.81. The van der Waals surface area contributed by atoms with E-state index in [0.29, 0.717) is 0 Å². The lowest BCUT2D eigenvalue weighted by molar-refractivity contribution is 0.274. The third kappa shape index (κ3) is 6.18. The second kappa shape index (κ2) is 6.93. The van der Waals surface area contributed by atoms with Gasteiger partial charge in [-0.25, -0.2) is 0 Å². The maximum absolute atomic E-state index is 4.68. The van der Waals surface area contributed by atoms with E-state index in [4.69, 9.17) is 0 Å². The molecule has 0 aromatic rings. The van der Waals surface area contributed by atoms with Crippen LogP contribution in [0.2, 0.25) is 0 Å². The summed E-state index contributed by atoms with van der Waals surface area (Å²) < 4.78 is 0.206. The van der Waals surface area contributed by atoms with Gasteiger partial charge in [-0.1, -0.05) is 72.1 Å². The van der Waals surface area contributed by atoms with E-state index >= 15 is 0 Å². The molecular formula is C15H30S. The van der Waals surface area contributed by atoms with Crippen LogP contribution in [0.4, 0.5) is 0 Å². The molecule has 1 rings (SSSR count). The van der Waals surface area contributed by atoms with Gasteiger partial charge in [-0.3, -0.25) is 0 Å². The van der Waals surface area contributed by atoms with E-state index in [1.54, 1.807) is 0 Å². The van der Waals surface area contributed by atoms with Crippen LogP contribution in [0.5, 0.6) is 0 Å². The highest BCUT2D eigenvalue weighted by Gasteiger charge is 2.23. The summed E-state index contributed by atoms with van der Waals surface area (Å²) in [5.41, 5.74) is 0. The summed E-state index contributed by atoms with van der Waals surface area (Å²) in [6.07, 6.45) is 13.0. The Kier molecular flexibility index (Phi) is 6.25. The van der Waals surface area contributed by atoms with E-state index in [9.17, 15) is 0 Å². The predicted octanol–water partition coefficient (Wildman–Crippen LogP) is 5.47. The maximum atomic E-state index is 4.68. The molecule has 0 spiro atoms. The second-order valence-electron chi connectivity index (χ2n) is 6.45. The van der Waals surface area contributed by atoms with E-state index in [0.717, 1.165) is 11.8 Å². The van der Waals surface area contributed by atoms with Gasteiger partial charge in [-0.15, -0.1) is 0 Å². The monoisotopic (exact) mass is 242 g/mol. The van der Waals surface area contributed by atoms with Crippen molar-refractivity contribution in [1.29, 1.82) is 0 Å². The van der Waals surface area contributed by atoms with Crippen molar-refractivity contribution in [3.05, 3.63) is 0 Å². The first-order valence-corrected chi connectivity index (χ1v) is 7.66. The zero-order valence-electron chi connectivity index (χ0n) is 11.5. The molecule has 1 saturated carbocycles. The van der Waals surface area contributed by atoms with Gasteiger partial charge in [0, 0.05) is 4.75 Å². The van der Waals surface area contributed by atoms with Crippen molar-refractivity contribution in [3.8, 4) is 0 Å². The van der Waals surface area contributed by atoms with Gasteiger partial charge in [0.15, 0.2) is 0 Å². The molecule has 0 nitrogen and oxygen atoms in total. The van der Waals surface area contributed by atoms with Crippen LogP contribution in [-0.2, 0) is 0 Å². The smallest absolute Gasteiger partial charge is 0.00758 e. The Bertz CT molecular complexity index is 170. The molecule has 1 heteroatoms. The Hall–Kier alpha value is 0.350. The minimum Gasteiger partial charge on any atom is -0.173 e. The molecule has 0 bridgehead atoms. The standard InChI is InChI=1S/C15H30S/c1-13(12-15(2,3)16)14-10-8-6-4-5-7-9-11-14/h13-14,16H,4-12H2,1-3H3. The minimum atomic E-state index is 0.206. The van der Waals surface area contributed by atoms with Gasteiger partial charge in [-0.2, -0.15) is 12.6 Å². The van der Waals surface area contributed by atoms with E-state index < -0.39 is 0 Å². The number of hydrogen-bond acceptors (Lipinski definition) is 1. The lowest BCUT2D eigenvalue weighted by atomic mass is 9.81. The molecule has 1 aliphatic carbocycles. The molecule has 1 fully saturated rings. The van der Waals surface area contributed by atoms with Crippen molar-refractivity contribution < 1.29 is 0 Å². The Morgan fingerprint density at radius 2 is 1.44 bits per heavy atom. The lowest BCUT2D eigenvalue weighted by Crippen LogP contribution is -2.21. The fourth-order valence-corrected chi connectivity index (χ4v) is 3.48. The molecular weight excluding hydrogens is 212 g/mol. The second-order valence-corrected chi connectivity index (χ2v) is 7.66. The third-order valence-corrected chi connectivity index (χ3v) is 4.21. The van der Waals surface area contributed by atoms with Crippen LogP contribution < -0.4 is 0 Å². The Balaban J connectivity index is 2.41. The molecule has 0 amide bonds. The topological polar surface area (TPSA) is 0 Å². The molecule has 96 valence electrons. The first-order chi connectivity index (χ1) is 7.49. The highest BCUT2D eigenvalue weighted by atomic mass is 32.1. The summed E-state index contributed by atoms with van der Waals surface area (Å²) in [4.78, 5) is 0. The van der Waals surface area contributed by atoms with E-state index in [2.05, 4.69) is 33.4 Å². The van der Waals surface area contributed by atoms with Gasteiger partial charge < -0.3 is 0 Å². The molecule has 0 radical (unpaired) electrons. The fraction of sp³-hybridized carbons (Fsp3) is 1.00. The predicted molar refractivity (Wildman–Crippen MR) is 77.3 cm³/mol. The summed E-state index contributed by atoms with van der Waals surface area (Å²) in [5, 5.41) is 0. The first kappa shape index (κ1) is 14.4. The Labute approximate surface area is 108 Å². The SMILES string of the molecule is CC(CC(C)(C)S)C1CCCCCCCC1. The average Bonchev–Trinajstić information content (AvgIpc) is 2.27. The van der Waals surface area contributed by atoms with Gasteiger partial charge in [0.1, 0.15) is 0 Å². The third-order valence-electron chi connectivity index (χ3n) is 4.03. The molecule has 0 aromatic carbocycles. The number of thiol groups is 1. The quantitative estimate of drug-likeness (QED) is 0.623. The van der Waals surface area contributed by atoms with Gasteiger partial charge in [0.2, 0.25) is 0 Å². The lowest BCUT2D eigenvalue weighted by Gasteiger charge is -2.29. The van der Waals surface area contributed by atoms with Gasteiger partial charge in [-0.05, 0) is 18.3 Å². The van der Waals surface area contributed by atoms with Crippen LogP contribution in [0, 0.1) is 11.8 Å². The zero-order valence-corrected chi connectivity index (χ0v) is 12.4. The summed E-state index contributed by atoms with van der Waals surface area (Å²) >= 11 is 4.68. The molecule has 1 atom stereocenters. The average molecular weight is 242 g/mol. The Morgan fingerprint density at radius 3 is 1.88 bits per heavy atom. The van der Waals surface area contributed by atoms with Gasteiger partial charge >= 0.3 is 0 Å². The highest BCUT2D eigenvalue weighted by Crippen LogP contribution is 2.33. The van der Waals surface area contributed by atoms with E-state index in [1.165, 1.54) is 57.8 Å². The van der Waals surface area contributed by atoms with Gasteiger partial charge in [0.05, 0.1) is 0 Å². The van der Waals surface area contributed by atoms with Crippen LogP contribution in [-0.4, -0.2) is 4.75 Å². The molecule has 1 aliphatic rings. The van der Waals surface area contributed by atoms with Crippen molar-refractivity contribution in [3.63, 3.8) is 0 Å². The van der Waals surface area contributed by atoms with Crippen LogP contribution >= 0.6 is 12.6 Å². The molecule has 0 heterocycles. The number of hydrogen-bond donors (Lipinski definition) is 1. The van der Waals surface area contributed by atoms with Crippen LogP contribution in [0.3, 0.4) is 0 Å². The van der Waals surface area contributed by atoms with Crippen molar-refractivity contribution in [2.45, 2.75) is 83.3 Å². The van der Waals surface area contributed by atoms with Crippen molar-refractivity contribution in [1.82, 2.24) is 0 Å². The van der Waals surface area contributed by atoms with Crippen LogP contribution in [0.1, 0.15) is 78.6 Å². The molecule has 1 unspecified atom stereocenters. The number of rotatable bonds is 3. The van der Waals surface area contributed by atoms with Gasteiger partial charge in [0.25, 0.3) is 0 Å². The van der Waals surface area contributed by atoms with Crippen molar-refractivity contribution in [2.24, 2.45) is 11.8 Å². The first-order valence-electron chi connectivity index (χ1n) is 7.21. The van der Waals surface area contributed by atoms with Crippen LogP contribution in [0.15, 0.2) is 0 Å². The molecule has 0 saturated heterocycles. The summed E-state index contributed by atoms with van der Waals surface area (Å²) in [6.45, 7) is 6.95. The Morgan fingerprint density at radius 1 is 1.00 bits per heavy atom. The molecule has 0 aromatic heterocycles. The zero-order chi connectivity index (χ0) is 12.0. The van der Waals surface area contributed by atoms with Crippen LogP contribution in [0.25, 0.3) is 0 Å². The normalized spacial score (nSPS) is 23.2.